The molecule has 0 fully saturated rings. The highest BCUT2D eigenvalue weighted by molar-refractivity contribution is 7.91. The maximum atomic E-state index is 11.6. The predicted octanol–water partition coefficient (Wildman–Crippen LogP) is 0.382. The fourth-order valence-corrected chi connectivity index (χ4v) is 2.53. The highest BCUT2D eigenvalue weighted by Crippen LogP contribution is 2.20. The van der Waals surface area contributed by atoms with E-state index in [1.165, 1.54) is 6.26 Å². The predicted molar refractivity (Wildman–Crippen MR) is 66.4 cm³/mol. The van der Waals surface area contributed by atoms with Crippen LogP contribution in [0.4, 0.5) is 0 Å². The van der Waals surface area contributed by atoms with Crippen molar-refractivity contribution in [1.29, 1.82) is 0 Å². The summed E-state index contributed by atoms with van der Waals surface area (Å²) in [7, 11) is -1.36. The Bertz CT molecular complexity index is 455. The molecule has 0 bridgehead atoms. The minimum Gasteiger partial charge on any atom is -0.311 e. The third-order valence-electron chi connectivity index (χ3n) is 2.86. The lowest BCUT2D eigenvalue weighted by atomic mass is 10.1. The van der Waals surface area contributed by atoms with E-state index in [2.05, 4.69) is 15.6 Å². The number of aryl methyl sites for hydroxylation is 1. The Morgan fingerprint density at radius 2 is 2.18 bits per heavy atom. The van der Waals surface area contributed by atoms with Crippen LogP contribution in [-0.2, 0) is 16.4 Å². The smallest absolute Gasteiger partial charge is 0.151 e. The topological polar surface area (TPSA) is 76.9 Å². The fraction of sp³-hybridized carbons (Fsp3) is 0.800. The van der Waals surface area contributed by atoms with Crippen molar-refractivity contribution in [1.82, 2.24) is 20.3 Å². The molecule has 6 nitrogen and oxygen atoms in total. The average molecular weight is 260 g/mol. The SMILES string of the molecule is CCCn1nncc1C(NC)C(C)S(C)(=O)=O. The molecule has 0 aliphatic carbocycles. The van der Waals surface area contributed by atoms with E-state index in [9.17, 15) is 8.42 Å². The van der Waals surface area contributed by atoms with E-state index < -0.39 is 15.1 Å². The van der Waals surface area contributed by atoms with Crippen LogP contribution in [0, 0.1) is 0 Å². The van der Waals surface area contributed by atoms with Gasteiger partial charge in [0.1, 0.15) is 0 Å². The Balaban J connectivity index is 3.05. The first-order chi connectivity index (χ1) is 7.91. The first-order valence-corrected chi connectivity index (χ1v) is 7.61. The average Bonchev–Trinajstić information content (AvgIpc) is 2.67. The minimum absolute atomic E-state index is 0.286. The monoisotopic (exact) mass is 260 g/mol. The van der Waals surface area contributed by atoms with Gasteiger partial charge in [-0.2, -0.15) is 0 Å². The quantitative estimate of drug-likeness (QED) is 0.800. The summed E-state index contributed by atoms with van der Waals surface area (Å²) >= 11 is 0. The van der Waals surface area contributed by atoms with Crippen molar-refractivity contribution in [2.24, 2.45) is 0 Å². The number of aromatic nitrogens is 3. The molecule has 7 heteroatoms. The Morgan fingerprint density at radius 3 is 2.65 bits per heavy atom. The van der Waals surface area contributed by atoms with Gasteiger partial charge < -0.3 is 5.32 Å². The third kappa shape index (κ3) is 3.26. The van der Waals surface area contributed by atoms with Crippen LogP contribution in [0.5, 0.6) is 0 Å². The van der Waals surface area contributed by atoms with Gasteiger partial charge in [0.15, 0.2) is 9.84 Å². The van der Waals surface area contributed by atoms with E-state index in [4.69, 9.17) is 0 Å². The van der Waals surface area contributed by atoms with Crippen LogP contribution in [0.3, 0.4) is 0 Å². The molecule has 0 aliphatic rings. The van der Waals surface area contributed by atoms with Gasteiger partial charge in [0, 0.05) is 12.8 Å². The summed E-state index contributed by atoms with van der Waals surface area (Å²) in [4.78, 5) is 0. The maximum absolute atomic E-state index is 11.6. The van der Waals surface area contributed by atoms with E-state index in [1.54, 1.807) is 24.9 Å². The molecular formula is C10H20N4O2S. The summed E-state index contributed by atoms with van der Waals surface area (Å²) in [5.41, 5.74) is 0.812. The van der Waals surface area contributed by atoms with Crippen molar-refractivity contribution in [2.75, 3.05) is 13.3 Å². The molecule has 0 aromatic carbocycles. The molecule has 98 valence electrons. The molecule has 0 saturated heterocycles. The first kappa shape index (κ1) is 14.1. The zero-order valence-corrected chi connectivity index (χ0v) is 11.5. The van der Waals surface area contributed by atoms with Gasteiger partial charge in [-0.15, -0.1) is 5.10 Å². The van der Waals surface area contributed by atoms with Crippen LogP contribution in [0.1, 0.15) is 32.0 Å². The number of nitrogens with one attached hydrogen (secondary N) is 1. The largest absolute Gasteiger partial charge is 0.311 e. The van der Waals surface area contributed by atoms with Crippen LogP contribution < -0.4 is 5.32 Å². The maximum Gasteiger partial charge on any atom is 0.151 e. The first-order valence-electron chi connectivity index (χ1n) is 5.66. The van der Waals surface area contributed by atoms with Gasteiger partial charge in [-0.1, -0.05) is 12.1 Å². The van der Waals surface area contributed by atoms with E-state index in [1.807, 2.05) is 6.92 Å². The molecule has 0 aliphatic heterocycles. The Morgan fingerprint density at radius 1 is 1.53 bits per heavy atom. The fourth-order valence-electron chi connectivity index (χ4n) is 1.76. The summed E-state index contributed by atoms with van der Waals surface area (Å²) < 4.78 is 25.0. The molecule has 2 atom stereocenters. The van der Waals surface area contributed by atoms with Crippen LogP contribution in [0.2, 0.25) is 0 Å². The van der Waals surface area contributed by atoms with E-state index in [0.29, 0.717) is 0 Å². The van der Waals surface area contributed by atoms with Gasteiger partial charge in [0.05, 0.1) is 23.2 Å². The highest BCUT2D eigenvalue weighted by atomic mass is 32.2. The molecule has 2 unspecified atom stereocenters. The third-order valence-corrected chi connectivity index (χ3v) is 4.48. The number of rotatable bonds is 6. The van der Waals surface area contributed by atoms with Crippen molar-refractivity contribution in [2.45, 2.75) is 38.1 Å². The number of hydrogen-bond donors (Lipinski definition) is 1. The van der Waals surface area contributed by atoms with Crippen molar-refractivity contribution in [3.05, 3.63) is 11.9 Å². The van der Waals surface area contributed by atoms with Gasteiger partial charge in [0.25, 0.3) is 0 Å². The van der Waals surface area contributed by atoms with E-state index in [0.717, 1.165) is 18.7 Å². The van der Waals surface area contributed by atoms with E-state index >= 15 is 0 Å². The van der Waals surface area contributed by atoms with Crippen molar-refractivity contribution >= 4 is 9.84 Å². The van der Waals surface area contributed by atoms with Crippen molar-refractivity contribution in [3.63, 3.8) is 0 Å². The van der Waals surface area contributed by atoms with Gasteiger partial charge >= 0.3 is 0 Å². The molecule has 0 spiro atoms. The summed E-state index contributed by atoms with van der Waals surface area (Å²) in [6.45, 7) is 4.48. The Kier molecular flexibility index (Phi) is 4.64. The number of nitrogens with zero attached hydrogens (tertiary/aromatic N) is 3. The van der Waals surface area contributed by atoms with Gasteiger partial charge in [-0.3, -0.25) is 0 Å². The van der Waals surface area contributed by atoms with Crippen molar-refractivity contribution < 1.29 is 8.42 Å². The molecule has 1 rings (SSSR count). The van der Waals surface area contributed by atoms with E-state index in [-0.39, 0.29) is 6.04 Å². The molecule has 1 heterocycles. The van der Waals surface area contributed by atoms with Crippen LogP contribution >= 0.6 is 0 Å². The minimum atomic E-state index is -3.10. The molecule has 1 aromatic rings. The lowest BCUT2D eigenvalue weighted by molar-refractivity contribution is 0.476. The molecule has 17 heavy (non-hydrogen) atoms. The zero-order chi connectivity index (χ0) is 13.1. The number of sulfone groups is 1. The Hall–Kier alpha value is -0.950. The molecule has 0 radical (unpaired) electrons. The van der Waals surface area contributed by atoms with Crippen LogP contribution in [0.25, 0.3) is 0 Å². The summed E-state index contributed by atoms with van der Waals surface area (Å²) in [6, 6.07) is -0.286. The summed E-state index contributed by atoms with van der Waals surface area (Å²) in [5.74, 6) is 0. The van der Waals surface area contributed by atoms with Crippen molar-refractivity contribution in [3.8, 4) is 0 Å². The molecule has 0 amide bonds. The summed E-state index contributed by atoms with van der Waals surface area (Å²) in [5, 5.41) is 10.3. The van der Waals surface area contributed by atoms with Crippen LogP contribution in [0.15, 0.2) is 6.20 Å². The molecule has 0 saturated carbocycles. The number of hydrogen-bond acceptors (Lipinski definition) is 5. The molecule has 1 N–H and O–H groups in total. The second-order valence-corrected chi connectivity index (χ2v) is 6.59. The van der Waals surface area contributed by atoms with Gasteiger partial charge in [-0.05, 0) is 20.4 Å². The van der Waals surface area contributed by atoms with Gasteiger partial charge in [-0.25, -0.2) is 13.1 Å². The van der Waals surface area contributed by atoms with Gasteiger partial charge in [0.2, 0.25) is 0 Å². The highest BCUT2D eigenvalue weighted by Gasteiger charge is 2.28. The lowest BCUT2D eigenvalue weighted by Crippen LogP contribution is -2.34. The Labute approximate surface area is 102 Å². The second-order valence-electron chi connectivity index (χ2n) is 4.18. The normalized spacial score (nSPS) is 15.8. The molecule has 1 aromatic heterocycles. The standard InChI is InChI=1S/C10H20N4O2S/c1-5-6-14-9(7-12-13-14)10(11-3)8(2)17(4,15)16/h7-8,10-11H,5-6H2,1-4H3. The van der Waals surface area contributed by atoms with Crippen LogP contribution in [-0.4, -0.2) is 42.0 Å². The second kappa shape index (κ2) is 5.59. The lowest BCUT2D eigenvalue weighted by Gasteiger charge is -2.22. The molecular weight excluding hydrogens is 240 g/mol. The zero-order valence-electron chi connectivity index (χ0n) is 10.7. The summed E-state index contributed by atoms with van der Waals surface area (Å²) in [6.07, 6.45) is 3.80.